The molecule has 0 radical (unpaired) electrons. The molecule has 2 aliphatic heterocycles. The van der Waals surface area contributed by atoms with Gasteiger partial charge in [-0.1, -0.05) is 24.3 Å². The van der Waals surface area contributed by atoms with Gasteiger partial charge in [-0.25, -0.2) is 4.79 Å². The minimum absolute atomic E-state index is 0.258. The zero-order valence-corrected chi connectivity index (χ0v) is 10.4. The zero-order chi connectivity index (χ0) is 14.4. The number of nitrogens with zero attached hydrogens (tertiary/aromatic N) is 1. The number of carbonyl (C=O) groups excluding carboxylic acids is 3. The molecule has 0 atom stereocenters. The van der Waals surface area contributed by atoms with Gasteiger partial charge in [0.05, 0.1) is 5.69 Å². The van der Waals surface area contributed by atoms with Crippen LogP contribution in [0.3, 0.4) is 0 Å². The van der Waals surface area contributed by atoms with Crippen LogP contribution in [-0.2, 0) is 9.59 Å². The third-order valence-corrected chi connectivity index (χ3v) is 2.41. The van der Waals surface area contributed by atoms with E-state index in [1.54, 1.807) is 6.21 Å². The molecule has 0 spiro atoms. The zero-order valence-electron chi connectivity index (χ0n) is 10.4. The molecule has 3 N–H and O–H groups in total. The summed E-state index contributed by atoms with van der Waals surface area (Å²) in [5.41, 5.74) is 5.16. The number of allylic oxidation sites excluding steroid dienone is 1. The highest BCUT2D eigenvalue weighted by Gasteiger charge is 2.20. The van der Waals surface area contributed by atoms with Crippen LogP contribution in [0.5, 0.6) is 0 Å². The molecule has 1 fully saturated rings. The largest absolute Gasteiger partial charge is 0.328 e. The highest BCUT2D eigenvalue weighted by Crippen LogP contribution is 2.17. The second-order valence-corrected chi connectivity index (χ2v) is 3.94. The Morgan fingerprint density at radius 2 is 1.70 bits per heavy atom. The standard InChI is InChI=1S/C9H8N2.C4H4N2O3/c1-2-6-9-8(4-1)5-3-7-10-11-9;7-2-1-3(8)6-4(9)5-2/h1-7,11H;1H2,(H2,5,6,7,8,9). The van der Waals surface area contributed by atoms with E-state index >= 15 is 0 Å². The topological polar surface area (TPSA) is 99.7 Å². The first-order chi connectivity index (χ1) is 9.65. The highest BCUT2D eigenvalue weighted by molar-refractivity contribution is 6.14. The molecular weight excluding hydrogens is 260 g/mol. The number of hydrazone groups is 1. The fourth-order valence-electron chi connectivity index (χ4n) is 1.56. The van der Waals surface area contributed by atoms with Crippen LogP contribution in [0, 0.1) is 0 Å². The first-order valence-electron chi connectivity index (χ1n) is 5.83. The average molecular weight is 272 g/mol. The normalized spacial score (nSPS) is 15.9. The van der Waals surface area contributed by atoms with E-state index in [4.69, 9.17) is 0 Å². The molecule has 3 rings (SSSR count). The van der Waals surface area contributed by atoms with E-state index in [1.165, 1.54) is 5.56 Å². The number of fused-ring (bicyclic) bond motifs is 1. The third kappa shape index (κ3) is 3.77. The number of benzene rings is 1. The maximum Gasteiger partial charge on any atom is 0.328 e. The quantitative estimate of drug-likeness (QED) is 0.610. The average Bonchev–Trinajstić information content (AvgIpc) is 2.62. The summed E-state index contributed by atoms with van der Waals surface area (Å²) in [5.74, 6) is -1.10. The van der Waals surface area contributed by atoms with E-state index < -0.39 is 17.8 Å². The van der Waals surface area contributed by atoms with Crippen LogP contribution in [0.25, 0.3) is 6.08 Å². The number of hydrogen-bond acceptors (Lipinski definition) is 5. The second-order valence-electron chi connectivity index (χ2n) is 3.94. The van der Waals surface area contributed by atoms with Crippen LogP contribution in [0.4, 0.5) is 10.5 Å². The lowest BCUT2D eigenvalue weighted by Gasteiger charge is -2.09. The smallest absolute Gasteiger partial charge is 0.278 e. The van der Waals surface area contributed by atoms with Gasteiger partial charge in [0, 0.05) is 6.21 Å². The van der Waals surface area contributed by atoms with Gasteiger partial charge in [-0.3, -0.25) is 25.6 Å². The Hall–Kier alpha value is -2.96. The first-order valence-corrected chi connectivity index (χ1v) is 5.83. The van der Waals surface area contributed by atoms with Crippen molar-refractivity contribution >= 4 is 35.8 Å². The van der Waals surface area contributed by atoms with Gasteiger partial charge in [0.25, 0.3) is 0 Å². The van der Waals surface area contributed by atoms with E-state index in [1.807, 2.05) is 47.1 Å². The van der Waals surface area contributed by atoms with E-state index in [0.717, 1.165) is 5.69 Å². The first kappa shape index (κ1) is 13.5. The fourth-order valence-corrected chi connectivity index (χ4v) is 1.56. The molecule has 1 saturated heterocycles. The van der Waals surface area contributed by atoms with Crippen LogP contribution < -0.4 is 16.1 Å². The number of barbiturate groups is 1. The lowest BCUT2D eigenvalue weighted by atomic mass is 10.2. The van der Waals surface area contributed by atoms with Gasteiger partial charge < -0.3 is 0 Å². The highest BCUT2D eigenvalue weighted by atomic mass is 16.2. The molecular formula is C13H12N4O3. The Morgan fingerprint density at radius 1 is 1.00 bits per heavy atom. The van der Waals surface area contributed by atoms with Crippen molar-refractivity contribution in [3.05, 3.63) is 35.9 Å². The summed E-state index contributed by atoms with van der Waals surface area (Å²) in [5, 5.41) is 7.75. The summed E-state index contributed by atoms with van der Waals surface area (Å²) in [6, 6.07) is 7.31. The fraction of sp³-hybridized carbons (Fsp3) is 0.0769. The molecule has 1 aromatic rings. The molecule has 102 valence electrons. The van der Waals surface area contributed by atoms with E-state index in [2.05, 4.69) is 10.5 Å². The van der Waals surface area contributed by atoms with Crippen LogP contribution in [-0.4, -0.2) is 24.1 Å². The monoisotopic (exact) mass is 272 g/mol. The Balaban J connectivity index is 0.000000151. The number of hydrogen-bond donors (Lipinski definition) is 3. The summed E-state index contributed by atoms with van der Waals surface area (Å²) in [7, 11) is 0. The lowest BCUT2D eigenvalue weighted by molar-refractivity contribution is -0.129. The number of amides is 4. The second kappa shape index (κ2) is 6.28. The summed E-state index contributed by atoms with van der Waals surface area (Å²) in [6.45, 7) is 0. The van der Waals surface area contributed by atoms with E-state index in [-0.39, 0.29) is 6.42 Å². The van der Waals surface area contributed by atoms with Crippen molar-refractivity contribution in [3.8, 4) is 0 Å². The van der Waals surface area contributed by atoms with Crippen LogP contribution in [0.2, 0.25) is 0 Å². The molecule has 0 bridgehead atoms. The number of nitrogens with one attached hydrogen (secondary N) is 3. The van der Waals surface area contributed by atoms with Gasteiger partial charge in [0.2, 0.25) is 11.8 Å². The maximum absolute atomic E-state index is 10.3. The lowest BCUT2D eigenvalue weighted by Crippen LogP contribution is -2.49. The molecule has 4 amide bonds. The molecule has 0 aromatic heterocycles. The molecule has 0 aliphatic carbocycles. The minimum Gasteiger partial charge on any atom is -0.278 e. The predicted molar refractivity (Wildman–Crippen MR) is 73.9 cm³/mol. The van der Waals surface area contributed by atoms with Gasteiger partial charge in [0.1, 0.15) is 6.42 Å². The van der Waals surface area contributed by atoms with Gasteiger partial charge in [0.15, 0.2) is 0 Å². The van der Waals surface area contributed by atoms with Crippen molar-refractivity contribution in [3.63, 3.8) is 0 Å². The van der Waals surface area contributed by atoms with Gasteiger partial charge >= 0.3 is 6.03 Å². The molecule has 7 nitrogen and oxygen atoms in total. The van der Waals surface area contributed by atoms with Crippen molar-refractivity contribution < 1.29 is 14.4 Å². The maximum atomic E-state index is 10.3. The summed E-state index contributed by atoms with van der Waals surface area (Å²) in [4.78, 5) is 30.8. The van der Waals surface area contributed by atoms with Gasteiger partial charge in [-0.05, 0) is 17.7 Å². The molecule has 7 heteroatoms. The molecule has 1 aromatic carbocycles. The number of anilines is 1. The predicted octanol–water partition coefficient (Wildman–Crippen LogP) is 0.854. The van der Waals surface area contributed by atoms with E-state index in [9.17, 15) is 14.4 Å². The van der Waals surface area contributed by atoms with Crippen LogP contribution in [0.1, 0.15) is 12.0 Å². The Labute approximate surface area is 114 Å². The van der Waals surface area contributed by atoms with Crippen LogP contribution in [0.15, 0.2) is 35.4 Å². The molecule has 0 unspecified atom stereocenters. The van der Waals surface area contributed by atoms with Crippen molar-refractivity contribution in [1.82, 2.24) is 10.6 Å². The van der Waals surface area contributed by atoms with Gasteiger partial charge in [-0.2, -0.15) is 5.10 Å². The number of urea groups is 1. The van der Waals surface area contributed by atoms with Crippen LogP contribution >= 0.6 is 0 Å². The van der Waals surface area contributed by atoms with Crippen molar-refractivity contribution in [2.75, 3.05) is 5.43 Å². The van der Waals surface area contributed by atoms with Crippen molar-refractivity contribution in [2.45, 2.75) is 6.42 Å². The third-order valence-electron chi connectivity index (χ3n) is 2.41. The number of para-hydroxylation sites is 1. The summed E-state index contributed by atoms with van der Waals surface area (Å²) >= 11 is 0. The Bertz CT molecular complexity index is 562. The summed E-state index contributed by atoms with van der Waals surface area (Å²) in [6.07, 6.45) is 5.42. The Kier molecular flexibility index (Phi) is 4.23. The minimum atomic E-state index is -0.740. The van der Waals surface area contributed by atoms with Crippen molar-refractivity contribution in [1.29, 1.82) is 0 Å². The number of rotatable bonds is 0. The van der Waals surface area contributed by atoms with E-state index in [0.29, 0.717) is 0 Å². The van der Waals surface area contributed by atoms with Crippen molar-refractivity contribution in [2.24, 2.45) is 5.10 Å². The summed E-state index contributed by atoms with van der Waals surface area (Å²) < 4.78 is 0. The number of imide groups is 2. The molecule has 2 aliphatic rings. The Morgan fingerprint density at radius 3 is 2.40 bits per heavy atom. The molecule has 0 saturated carbocycles. The number of carbonyl (C=O) groups is 3. The molecule has 20 heavy (non-hydrogen) atoms. The molecule has 2 heterocycles. The SMILES string of the molecule is C1=Cc2ccccc2NN=C1.O=C1CC(=O)NC(=O)N1. The van der Waals surface area contributed by atoms with Gasteiger partial charge in [-0.15, -0.1) is 0 Å².